The Bertz CT molecular complexity index is 2090. The largest absolute Gasteiger partial charge is 0.448 e. The Labute approximate surface area is 320 Å². The van der Waals surface area contributed by atoms with Gasteiger partial charge in [-0.25, -0.2) is 9.48 Å². The van der Waals surface area contributed by atoms with Gasteiger partial charge in [0.1, 0.15) is 27.7 Å². The number of esters is 1. The fourth-order valence-corrected chi connectivity index (χ4v) is 10.5. The van der Waals surface area contributed by atoms with Crippen LogP contribution in [0.25, 0.3) is 0 Å². The lowest BCUT2D eigenvalue weighted by Crippen LogP contribution is -2.68. The van der Waals surface area contributed by atoms with Crippen molar-refractivity contribution in [3.63, 3.8) is 0 Å². The lowest BCUT2D eigenvalue weighted by molar-refractivity contribution is -0.152. The van der Waals surface area contributed by atoms with E-state index in [2.05, 4.69) is 41.5 Å². The fraction of sp³-hybridized carbons (Fsp3) is 0.143. The molecule has 0 aliphatic carbocycles. The van der Waals surface area contributed by atoms with Crippen LogP contribution in [-0.2, 0) is 19.9 Å². The number of hydrogen-bond donors (Lipinski definition) is 1. The number of nitrogens with two attached hydrogens (primary N) is 1. The van der Waals surface area contributed by atoms with Crippen molar-refractivity contribution in [3.8, 4) is 0 Å². The third-order valence-electron chi connectivity index (χ3n) is 9.43. The van der Waals surface area contributed by atoms with Gasteiger partial charge in [0.15, 0.2) is 6.10 Å². The third-order valence-corrected chi connectivity index (χ3v) is 13.0. The van der Waals surface area contributed by atoms with Crippen LogP contribution in [0.4, 0.5) is 0 Å². The highest BCUT2D eigenvalue weighted by Gasteiger charge is 2.52. The van der Waals surface area contributed by atoms with E-state index in [1.807, 2.05) is 126 Å². The van der Waals surface area contributed by atoms with Crippen molar-refractivity contribution in [2.75, 3.05) is 10.8 Å². The first kappa shape index (κ1) is 35.0. The zero-order valence-electron chi connectivity index (χ0n) is 28.5. The Morgan fingerprint density at radius 2 is 1.26 bits per heavy atom. The van der Waals surface area contributed by atoms with E-state index in [1.54, 1.807) is 11.8 Å². The van der Waals surface area contributed by atoms with E-state index in [0.29, 0.717) is 10.8 Å². The molecule has 5 aromatic carbocycles. The standard InChI is InChI=1S/C42H35N5O3S3/c43-36-39(48)47-37(41(49)50-38(29-16-6-1-7-17-29)30-18-8-2-9-19-30)34(27-51-40(36)47)52-28-53-35-26-46(45-44-35)42(31-20-10-3-11-21-31,32-22-12-4-13-23-32)33-24-14-5-15-25-33/h1-26,36,38,40H,27-28,43H2/t36-,40-/m1/s1. The SMILES string of the molecule is N[C@@H]1C(=O)N2C(C(=O)OC(c3ccccc3)c3ccccc3)=C(SCSc3cn(C(c4ccccc4)(c4ccccc4)c4ccccc4)nn3)CS[C@H]12. The summed E-state index contributed by atoms with van der Waals surface area (Å²) in [5, 5.41) is 10.3. The van der Waals surface area contributed by atoms with E-state index in [0.717, 1.165) is 37.7 Å². The predicted octanol–water partition coefficient (Wildman–Crippen LogP) is 7.69. The van der Waals surface area contributed by atoms with Crippen molar-refractivity contribution in [2.45, 2.75) is 28.1 Å². The molecule has 3 heterocycles. The minimum absolute atomic E-state index is 0.266. The summed E-state index contributed by atoms with van der Waals surface area (Å²) in [6.07, 6.45) is 1.33. The maximum atomic E-state index is 14.2. The maximum absolute atomic E-state index is 14.2. The molecule has 0 spiro atoms. The second kappa shape index (κ2) is 15.5. The molecule has 1 amide bonds. The first-order chi connectivity index (χ1) is 26.1. The minimum Gasteiger partial charge on any atom is -0.448 e. The molecule has 0 radical (unpaired) electrons. The van der Waals surface area contributed by atoms with Crippen LogP contribution in [-0.4, -0.2) is 54.0 Å². The van der Waals surface area contributed by atoms with Gasteiger partial charge in [0.05, 0.1) is 11.3 Å². The molecule has 264 valence electrons. The molecule has 1 aromatic heterocycles. The Morgan fingerprint density at radius 1 is 0.774 bits per heavy atom. The highest BCUT2D eigenvalue weighted by atomic mass is 32.2. The number of ether oxygens (including phenoxy) is 1. The van der Waals surface area contributed by atoms with Gasteiger partial charge in [-0.15, -0.1) is 28.6 Å². The van der Waals surface area contributed by atoms with Gasteiger partial charge in [0.25, 0.3) is 0 Å². The fourth-order valence-electron chi connectivity index (χ4n) is 6.91. The van der Waals surface area contributed by atoms with Crippen LogP contribution < -0.4 is 5.73 Å². The van der Waals surface area contributed by atoms with Crippen LogP contribution in [0, 0.1) is 0 Å². The van der Waals surface area contributed by atoms with Gasteiger partial charge < -0.3 is 10.5 Å². The first-order valence-corrected chi connectivity index (χ1v) is 20.2. The second-order valence-electron chi connectivity index (χ2n) is 12.5. The van der Waals surface area contributed by atoms with Gasteiger partial charge in [-0.3, -0.25) is 9.69 Å². The zero-order valence-corrected chi connectivity index (χ0v) is 30.9. The van der Waals surface area contributed by atoms with Gasteiger partial charge in [0, 0.05) is 10.7 Å². The molecule has 6 aromatic rings. The van der Waals surface area contributed by atoms with Gasteiger partial charge in [0.2, 0.25) is 5.91 Å². The molecule has 2 atom stereocenters. The van der Waals surface area contributed by atoms with Gasteiger partial charge in [-0.2, -0.15) is 0 Å². The molecular weight excluding hydrogens is 719 g/mol. The Kier molecular flexibility index (Phi) is 10.2. The number of hydrogen-bond acceptors (Lipinski definition) is 9. The number of benzene rings is 5. The highest BCUT2D eigenvalue weighted by molar-refractivity contribution is 8.18. The van der Waals surface area contributed by atoms with E-state index in [4.69, 9.17) is 15.7 Å². The molecule has 53 heavy (non-hydrogen) atoms. The minimum atomic E-state index is -0.776. The number of aromatic nitrogens is 3. The van der Waals surface area contributed by atoms with Gasteiger partial charge in [-0.1, -0.05) is 169 Å². The molecule has 1 saturated heterocycles. The molecule has 2 aliphatic heterocycles. The number of thioether (sulfide) groups is 3. The Hall–Kier alpha value is -5.07. The number of carbonyl (C=O) groups is 2. The second-order valence-corrected chi connectivity index (χ2v) is 16.1. The van der Waals surface area contributed by atoms with Crippen LogP contribution in [0.2, 0.25) is 0 Å². The quantitative estimate of drug-likeness (QED) is 0.0443. The molecule has 0 bridgehead atoms. The van der Waals surface area contributed by atoms with Crippen molar-refractivity contribution in [1.29, 1.82) is 0 Å². The van der Waals surface area contributed by atoms with Crippen molar-refractivity contribution < 1.29 is 14.3 Å². The topological polar surface area (TPSA) is 103 Å². The first-order valence-electron chi connectivity index (χ1n) is 17.1. The van der Waals surface area contributed by atoms with Crippen molar-refractivity contribution >= 4 is 47.2 Å². The number of amides is 1. The molecule has 2 N–H and O–H groups in total. The monoisotopic (exact) mass is 753 g/mol. The van der Waals surface area contributed by atoms with E-state index in [-0.39, 0.29) is 17.0 Å². The van der Waals surface area contributed by atoms with Crippen LogP contribution in [0.1, 0.15) is 33.9 Å². The number of nitrogens with zero attached hydrogens (tertiary/aromatic N) is 4. The summed E-state index contributed by atoms with van der Waals surface area (Å²) in [7, 11) is 0. The van der Waals surface area contributed by atoms with Gasteiger partial charge >= 0.3 is 5.97 Å². The van der Waals surface area contributed by atoms with E-state index in [9.17, 15) is 9.59 Å². The lowest BCUT2D eigenvalue weighted by atomic mass is 9.77. The van der Waals surface area contributed by atoms with Crippen LogP contribution in [0.15, 0.2) is 173 Å². The molecule has 0 saturated carbocycles. The van der Waals surface area contributed by atoms with Crippen LogP contribution in [0.5, 0.6) is 0 Å². The van der Waals surface area contributed by atoms with Crippen molar-refractivity contribution in [1.82, 2.24) is 19.9 Å². The lowest BCUT2D eigenvalue weighted by Gasteiger charge is -2.48. The molecule has 11 heteroatoms. The van der Waals surface area contributed by atoms with E-state index >= 15 is 0 Å². The molecular formula is C42H35N5O3S3. The Balaban J connectivity index is 1.09. The van der Waals surface area contributed by atoms with Gasteiger partial charge in [-0.05, 0) is 27.8 Å². The summed E-state index contributed by atoms with van der Waals surface area (Å²) in [4.78, 5) is 29.6. The average Bonchev–Trinajstić information content (AvgIpc) is 3.70. The summed E-state index contributed by atoms with van der Waals surface area (Å²) >= 11 is 4.59. The molecule has 2 aliphatic rings. The summed E-state index contributed by atoms with van der Waals surface area (Å²) < 4.78 is 8.21. The number of fused-ring (bicyclic) bond motifs is 1. The Morgan fingerprint density at radius 3 is 1.77 bits per heavy atom. The number of carbonyl (C=O) groups excluding carboxylic acids is 2. The van der Waals surface area contributed by atoms with E-state index < -0.39 is 23.7 Å². The summed E-state index contributed by atoms with van der Waals surface area (Å²) in [6, 6.07) is 49.6. The summed E-state index contributed by atoms with van der Waals surface area (Å²) in [5.41, 5.74) is 10.5. The number of β-lactam (4-membered cyclic amide) rings is 1. The molecule has 0 unspecified atom stereocenters. The van der Waals surface area contributed by atoms with E-state index in [1.165, 1.54) is 28.4 Å². The smallest absolute Gasteiger partial charge is 0.356 e. The zero-order chi connectivity index (χ0) is 36.2. The summed E-state index contributed by atoms with van der Waals surface area (Å²) in [6.45, 7) is 0. The van der Waals surface area contributed by atoms with Crippen LogP contribution >= 0.6 is 35.3 Å². The molecule has 8 nitrogen and oxygen atoms in total. The van der Waals surface area contributed by atoms with Crippen LogP contribution in [0.3, 0.4) is 0 Å². The number of rotatable bonds is 12. The van der Waals surface area contributed by atoms with Crippen molar-refractivity contribution in [2.24, 2.45) is 5.73 Å². The average molecular weight is 754 g/mol. The maximum Gasteiger partial charge on any atom is 0.356 e. The third kappa shape index (κ3) is 6.70. The predicted molar refractivity (Wildman–Crippen MR) is 212 cm³/mol. The molecule has 1 fully saturated rings. The highest BCUT2D eigenvalue weighted by Crippen LogP contribution is 2.45. The normalized spacial score (nSPS) is 17.0. The van der Waals surface area contributed by atoms with Crippen molar-refractivity contribution in [3.05, 3.63) is 196 Å². The summed E-state index contributed by atoms with van der Waals surface area (Å²) in [5.74, 6) is -0.298. The molecule has 8 rings (SSSR count).